The van der Waals surface area contributed by atoms with Gasteiger partial charge in [0.05, 0.1) is 37.6 Å². The summed E-state index contributed by atoms with van der Waals surface area (Å²) in [4.78, 5) is 27.4. The molecule has 0 unspecified atom stereocenters. The van der Waals surface area contributed by atoms with Gasteiger partial charge in [-0.15, -0.1) is 26.3 Å². The van der Waals surface area contributed by atoms with Crippen molar-refractivity contribution in [2.24, 2.45) is 10.3 Å². The smallest absolute Gasteiger partial charge is 0.443 e. The molecule has 20 heteroatoms. The largest absolute Gasteiger partial charge is 0.573 e. The van der Waals surface area contributed by atoms with Crippen molar-refractivity contribution in [3.8, 4) is 46.2 Å². The Morgan fingerprint density at radius 3 is 1.21 bits per heavy atom. The number of oxazole rings is 2. The lowest BCUT2D eigenvalue weighted by Crippen LogP contribution is -2.23. The fourth-order valence-electron chi connectivity index (χ4n) is 5.55. The van der Waals surface area contributed by atoms with Gasteiger partial charge in [-0.2, -0.15) is 0 Å². The van der Waals surface area contributed by atoms with E-state index < -0.39 is 23.9 Å². The van der Waals surface area contributed by atoms with Crippen LogP contribution in [0.3, 0.4) is 0 Å². The number of rotatable bonds is 8. The molecule has 0 fully saturated rings. The van der Waals surface area contributed by atoms with Crippen LogP contribution in [0, 0.1) is 0 Å². The average Bonchev–Trinajstić information content (AvgIpc) is 4.02. The third-order valence-corrected chi connectivity index (χ3v) is 8.32. The molecule has 58 heavy (non-hydrogen) atoms. The first kappa shape index (κ1) is 39.1. The summed E-state index contributed by atoms with van der Waals surface area (Å²) in [6, 6.07) is 17.6. The molecule has 6 aromatic rings. The van der Waals surface area contributed by atoms with Gasteiger partial charge in [0.25, 0.3) is 0 Å². The molecule has 300 valence electrons. The molecule has 0 radical (unpaired) electrons. The Hall–Kier alpha value is -7.12. The monoisotopic (exact) mass is 810 g/mol. The number of pyridine rings is 2. The highest BCUT2D eigenvalue weighted by Gasteiger charge is 2.39. The Morgan fingerprint density at radius 2 is 0.897 bits per heavy atom. The lowest BCUT2D eigenvalue weighted by atomic mass is 9.93. The Kier molecular flexibility index (Phi) is 10.7. The fraction of sp³-hybridized carbons (Fsp3) is 0.211. The number of oxime groups is 2. The quantitative estimate of drug-likeness (QED) is 0.134. The van der Waals surface area contributed by atoms with Crippen molar-refractivity contribution in [1.82, 2.24) is 19.9 Å². The highest BCUT2D eigenvalue weighted by Crippen LogP contribution is 2.38. The van der Waals surface area contributed by atoms with Crippen molar-refractivity contribution in [1.29, 1.82) is 0 Å². The molecular formula is C38H28F6N6O8. The summed E-state index contributed by atoms with van der Waals surface area (Å²) < 4.78 is 103. The van der Waals surface area contributed by atoms with Crippen LogP contribution in [-0.2, 0) is 20.9 Å². The Morgan fingerprint density at radius 1 is 0.517 bits per heavy atom. The van der Waals surface area contributed by atoms with E-state index in [1.807, 2.05) is 0 Å². The van der Waals surface area contributed by atoms with Crippen LogP contribution < -0.4 is 18.9 Å². The first-order valence-corrected chi connectivity index (χ1v) is 16.9. The van der Waals surface area contributed by atoms with E-state index in [-0.39, 0.29) is 24.3 Å². The first-order valence-electron chi connectivity index (χ1n) is 16.9. The number of halogens is 6. The van der Waals surface area contributed by atoms with Gasteiger partial charge in [-0.05, 0) is 73.5 Å². The molecule has 0 aliphatic carbocycles. The summed E-state index contributed by atoms with van der Waals surface area (Å²) in [5.74, 6) is 1.69. The second-order valence-corrected chi connectivity index (χ2v) is 12.7. The van der Waals surface area contributed by atoms with E-state index in [0.717, 1.165) is 0 Å². The van der Waals surface area contributed by atoms with E-state index in [1.165, 1.54) is 85.8 Å². The van der Waals surface area contributed by atoms with Gasteiger partial charge in [-0.1, -0.05) is 34.6 Å². The molecule has 4 aromatic heterocycles. The second-order valence-electron chi connectivity index (χ2n) is 12.7. The van der Waals surface area contributed by atoms with Gasteiger partial charge in [0.1, 0.15) is 46.9 Å². The standard InChI is InChI=1S/2C19H14F3N3O4/c2*1-18(12-2-4-13(5-3-12)28-19(20,21)22)10-16(25-29-18)27-14-6-7-15(24-11-14)17-23-8-9-26-17/h2*2-9,11H,10H2,1H3/t2*18-/m10/s1. The van der Waals surface area contributed by atoms with Crippen molar-refractivity contribution in [2.75, 3.05) is 0 Å². The zero-order valence-corrected chi connectivity index (χ0v) is 30.0. The lowest BCUT2D eigenvalue weighted by Gasteiger charge is -2.21. The molecule has 0 N–H and O–H groups in total. The zero-order chi connectivity index (χ0) is 41.0. The van der Waals surface area contributed by atoms with Gasteiger partial charge in [0, 0.05) is 0 Å². The van der Waals surface area contributed by atoms with E-state index in [2.05, 4.69) is 39.7 Å². The summed E-state index contributed by atoms with van der Waals surface area (Å²) >= 11 is 0. The molecule has 0 amide bonds. The molecule has 0 saturated carbocycles. The molecule has 6 heterocycles. The van der Waals surface area contributed by atoms with Crippen LogP contribution >= 0.6 is 0 Å². The molecule has 0 saturated heterocycles. The Bertz CT molecular complexity index is 2170. The van der Waals surface area contributed by atoms with Crippen LogP contribution in [0.1, 0.15) is 37.8 Å². The third-order valence-electron chi connectivity index (χ3n) is 8.32. The summed E-state index contributed by atoms with van der Waals surface area (Å²) in [7, 11) is 0. The normalized spacial score (nSPS) is 18.8. The van der Waals surface area contributed by atoms with Crippen LogP contribution in [0.15, 0.2) is 129 Å². The van der Waals surface area contributed by atoms with Gasteiger partial charge in [0.2, 0.25) is 23.6 Å². The molecular weight excluding hydrogens is 782 g/mol. The number of benzene rings is 2. The van der Waals surface area contributed by atoms with Crippen LogP contribution in [-0.4, -0.2) is 44.5 Å². The van der Waals surface area contributed by atoms with Crippen LogP contribution in [0.25, 0.3) is 23.2 Å². The van der Waals surface area contributed by atoms with Gasteiger partial charge in [0.15, 0.2) is 11.2 Å². The Labute approximate surface area is 323 Å². The molecule has 8 rings (SSSR count). The number of hydrogen-bond acceptors (Lipinski definition) is 14. The molecule has 0 bridgehead atoms. The number of ether oxygens (including phenoxy) is 4. The Balaban J connectivity index is 0.000000177. The molecule has 14 nitrogen and oxygen atoms in total. The minimum absolute atomic E-state index is 0.286. The fourth-order valence-corrected chi connectivity index (χ4v) is 5.55. The van der Waals surface area contributed by atoms with E-state index >= 15 is 0 Å². The van der Waals surface area contributed by atoms with Gasteiger partial charge < -0.3 is 37.5 Å². The number of hydrogen-bond donors (Lipinski definition) is 0. The SMILES string of the molecule is C[C@@]1(c2ccc(OC(F)(F)F)cc2)CC(Oc2ccc(-c3ncco3)nc2)=NO1.C[C@]1(c2ccc(OC(F)(F)F)cc2)CC(Oc2ccc(-c3ncco3)nc2)=NO1. The van der Waals surface area contributed by atoms with Crippen molar-refractivity contribution in [3.63, 3.8) is 0 Å². The maximum atomic E-state index is 12.3. The third kappa shape index (κ3) is 9.81. The van der Waals surface area contributed by atoms with Gasteiger partial charge in [-0.3, -0.25) is 0 Å². The number of nitrogens with zero attached hydrogens (tertiary/aromatic N) is 6. The highest BCUT2D eigenvalue weighted by atomic mass is 19.4. The highest BCUT2D eigenvalue weighted by molar-refractivity contribution is 5.81. The molecule has 2 aromatic carbocycles. The van der Waals surface area contributed by atoms with Crippen molar-refractivity contribution >= 4 is 11.8 Å². The lowest BCUT2D eigenvalue weighted by molar-refractivity contribution is -0.275. The van der Waals surface area contributed by atoms with Crippen LogP contribution in [0.2, 0.25) is 0 Å². The maximum absolute atomic E-state index is 12.3. The summed E-state index contributed by atoms with van der Waals surface area (Å²) in [5, 5.41) is 7.88. The topological polar surface area (TPSA) is 158 Å². The zero-order valence-electron chi connectivity index (χ0n) is 30.0. The summed E-state index contributed by atoms with van der Waals surface area (Å²) in [6.07, 6.45) is 0.0441. The minimum Gasteiger partial charge on any atom is -0.443 e. The van der Waals surface area contributed by atoms with E-state index in [1.54, 1.807) is 38.1 Å². The average molecular weight is 811 g/mol. The van der Waals surface area contributed by atoms with Crippen LogP contribution in [0.5, 0.6) is 23.0 Å². The molecule has 2 aliphatic rings. The molecule has 2 aliphatic heterocycles. The van der Waals surface area contributed by atoms with Gasteiger partial charge in [-0.25, -0.2) is 19.9 Å². The number of alkyl halides is 6. The summed E-state index contributed by atoms with van der Waals surface area (Å²) in [6.45, 7) is 3.52. The predicted molar refractivity (Wildman–Crippen MR) is 188 cm³/mol. The second kappa shape index (κ2) is 15.8. The number of aromatic nitrogens is 4. The summed E-state index contributed by atoms with van der Waals surface area (Å²) in [5.41, 5.74) is 0.615. The first-order chi connectivity index (χ1) is 27.6. The van der Waals surface area contributed by atoms with Crippen LogP contribution in [0.4, 0.5) is 26.3 Å². The minimum atomic E-state index is -4.74. The molecule has 2 atom stereocenters. The van der Waals surface area contributed by atoms with E-state index in [4.69, 9.17) is 28.0 Å². The van der Waals surface area contributed by atoms with Crippen molar-refractivity contribution < 1.29 is 63.8 Å². The van der Waals surface area contributed by atoms with E-state index in [9.17, 15) is 26.3 Å². The predicted octanol–water partition coefficient (Wildman–Crippen LogP) is 9.33. The van der Waals surface area contributed by atoms with E-state index in [0.29, 0.717) is 57.6 Å². The van der Waals surface area contributed by atoms with Crippen molar-refractivity contribution in [3.05, 3.63) is 121 Å². The molecule has 0 spiro atoms. The maximum Gasteiger partial charge on any atom is 0.573 e. The van der Waals surface area contributed by atoms with Crippen molar-refractivity contribution in [2.45, 2.75) is 50.6 Å². The van der Waals surface area contributed by atoms with Gasteiger partial charge >= 0.3 is 12.7 Å².